The molecule has 0 N–H and O–H groups in total. The molecule has 1 heteroatoms. The van der Waals surface area contributed by atoms with Crippen molar-refractivity contribution >= 4 is 5.71 Å². The zero-order valence-corrected chi connectivity index (χ0v) is 6.89. The van der Waals surface area contributed by atoms with Crippen LogP contribution in [-0.2, 0) is 0 Å². The molecule has 1 aliphatic rings. The van der Waals surface area contributed by atoms with Crippen LogP contribution in [0.15, 0.2) is 23.9 Å². The predicted molar refractivity (Wildman–Crippen MR) is 44.4 cm³/mol. The third-order valence-corrected chi connectivity index (χ3v) is 1.97. The Kier molecular flexibility index (Phi) is 2.05. The highest BCUT2D eigenvalue weighted by molar-refractivity contribution is 5.88. The quantitative estimate of drug-likeness (QED) is 0.448. The average Bonchev–Trinajstić information content (AvgIpc) is 2.04. The fraction of sp³-hybridized carbons (Fsp3) is 0.444. The Morgan fingerprint density at radius 2 is 2.10 bits per heavy atom. The first-order valence-electron chi connectivity index (χ1n) is 3.62. The van der Waals surface area contributed by atoms with E-state index in [0.717, 1.165) is 6.42 Å². The fourth-order valence-corrected chi connectivity index (χ4v) is 1.00. The zero-order valence-electron chi connectivity index (χ0n) is 6.89. The molecule has 54 valence electrons. The SMILES string of the molecule is CC1=CCC=CC(C)=[N+]1C. The van der Waals surface area contributed by atoms with Crippen LogP contribution >= 0.6 is 0 Å². The first kappa shape index (κ1) is 7.26. The van der Waals surface area contributed by atoms with Gasteiger partial charge in [-0.15, -0.1) is 0 Å². The second kappa shape index (κ2) is 2.82. The van der Waals surface area contributed by atoms with Crippen LogP contribution < -0.4 is 0 Å². The standard InChI is InChI=1S/C9H14N/c1-8-6-4-5-7-9(2)10(8)3/h4,6-7H,5H2,1-3H3/q+1. The molecule has 0 fully saturated rings. The highest BCUT2D eigenvalue weighted by atomic mass is 15.0. The van der Waals surface area contributed by atoms with Crippen molar-refractivity contribution in [2.24, 2.45) is 0 Å². The van der Waals surface area contributed by atoms with E-state index in [2.05, 4.69) is 43.7 Å². The number of hydrogen-bond donors (Lipinski definition) is 0. The van der Waals surface area contributed by atoms with Crippen molar-refractivity contribution in [2.75, 3.05) is 7.05 Å². The van der Waals surface area contributed by atoms with E-state index in [1.165, 1.54) is 11.4 Å². The van der Waals surface area contributed by atoms with Crippen LogP contribution in [0, 0.1) is 0 Å². The highest BCUT2D eigenvalue weighted by Gasteiger charge is 2.05. The first-order chi connectivity index (χ1) is 4.72. The lowest BCUT2D eigenvalue weighted by Gasteiger charge is -1.94. The largest absolute Gasteiger partial charge is 0.203 e. The maximum absolute atomic E-state index is 2.23. The van der Waals surface area contributed by atoms with Crippen LogP contribution in [0.2, 0.25) is 0 Å². The van der Waals surface area contributed by atoms with E-state index >= 15 is 0 Å². The average molecular weight is 136 g/mol. The van der Waals surface area contributed by atoms with Crippen LogP contribution in [0.5, 0.6) is 0 Å². The van der Waals surface area contributed by atoms with Gasteiger partial charge in [-0.25, -0.2) is 4.58 Å². The number of hydrogen-bond acceptors (Lipinski definition) is 0. The van der Waals surface area contributed by atoms with Crippen molar-refractivity contribution in [3.8, 4) is 0 Å². The van der Waals surface area contributed by atoms with Gasteiger partial charge in [0.25, 0.3) is 0 Å². The van der Waals surface area contributed by atoms with Crippen LogP contribution in [0.25, 0.3) is 0 Å². The summed E-state index contributed by atoms with van der Waals surface area (Å²) < 4.78 is 2.20. The van der Waals surface area contributed by atoms with Gasteiger partial charge in [-0.2, -0.15) is 0 Å². The molecule has 1 heterocycles. The monoisotopic (exact) mass is 136 g/mol. The van der Waals surface area contributed by atoms with E-state index in [4.69, 9.17) is 0 Å². The molecule has 0 bridgehead atoms. The van der Waals surface area contributed by atoms with Gasteiger partial charge >= 0.3 is 0 Å². The molecule has 0 amide bonds. The third kappa shape index (κ3) is 1.35. The van der Waals surface area contributed by atoms with Gasteiger partial charge in [0, 0.05) is 19.9 Å². The number of allylic oxidation sites excluding steroid dienone is 4. The van der Waals surface area contributed by atoms with E-state index < -0.39 is 0 Å². The molecular weight excluding hydrogens is 122 g/mol. The van der Waals surface area contributed by atoms with Crippen molar-refractivity contribution in [3.63, 3.8) is 0 Å². The lowest BCUT2D eigenvalue weighted by molar-refractivity contribution is -0.442. The second-order valence-corrected chi connectivity index (χ2v) is 2.68. The Morgan fingerprint density at radius 1 is 1.40 bits per heavy atom. The Bertz CT molecular complexity index is 219. The second-order valence-electron chi connectivity index (χ2n) is 2.68. The number of nitrogens with zero attached hydrogens (tertiary/aromatic N) is 1. The molecule has 10 heavy (non-hydrogen) atoms. The van der Waals surface area contributed by atoms with Gasteiger partial charge in [0.05, 0.1) is 0 Å². The maximum Gasteiger partial charge on any atom is 0.177 e. The molecule has 0 saturated heterocycles. The molecular formula is C9H14N+. The summed E-state index contributed by atoms with van der Waals surface area (Å²) in [5, 5.41) is 0. The molecule has 0 aromatic carbocycles. The van der Waals surface area contributed by atoms with Gasteiger partial charge in [0.15, 0.2) is 11.4 Å². The Balaban J connectivity index is 3.02. The third-order valence-electron chi connectivity index (χ3n) is 1.97. The van der Waals surface area contributed by atoms with Crippen molar-refractivity contribution in [1.29, 1.82) is 0 Å². The summed E-state index contributed by atoms with van der Waals surface area (Å²) in [6, 6.07) is 0. The molecule has 0 unspecified atom stereocenters. The van der Waals surface area contributed by atoms with Crippen LogP contribution in [0.3, 0.4) is 0 Å². The normalized spacial score (nSPS) is 18.9. The molecule has 1 aliphatic heterocycles. The van der Waals surface area contributed by atoms with Crippen LogP contribution in [0.1, 0.15) is 20.3 Å². The molecule has 0 spiro atoms. The van der Waals surface area contributed by atoms with Crippen molar-refractivity contribution in [3.05, 3.63) is 23.9 Å². The molecule has 0 aliphatic carbocycles. The minimum Gasteiger partial charge on any atom is -0.203 e. The number of rotatable bonds is 0. The molecule has 0 aromatic heterocycles. The van der Waals surface area contributed by atoms with E-state index in [1.54, 1.807) is 0 Å². The molecule has 1 nitrogen and oxygen atoms in total. The summed E-state index contributed by atoms with van der Waals surface area (Å²) in [6.07, 6.45) is 7.63. The van der Waals surface area contributed by atoms with Gasteiger partial charge in [0.2, 0.25) is 0 Å². The molecule has 0 saturated carbocycles. The summed E-state index contributed by atoms with van der Waals surface area (Å²) in [6.45, 7) is 4.26. The predicted octanol–water partition coefficient (Wildman–Crippen LogP) is 1.95. The lowest BCUT2D eigenvalue weighted by Crippen LogP contribution is -2.09. The molecule has 0 radical (unpaired) electrons. The van der Waals surface area contributed by atoms with Crippen LogP contribution in [-0.4, -0.2) is 17.3 Å². The van der Waals surface area contributed by atoms with E-state index in [9.17, 15) is 0 Å². The van der Waals surface area contributed by atoms with Crippen molar-refractivity contribution < 1.29 is 4.58 Å². The zero-order chi connectivity index (χ0) is 7.56. The summed E-state index contributed by atoms with van der Waals surface area (Å²) >= 11 is 0. The van der Waals surface area contributed by atoms with E-state index in [1.807, 2.05) is 0 Å². The topological polar surface area (TPSA) is 3.01 Å². The summed E-state index contributed by atoms with van der Waals surface area (Å²) in [5.74, 6) is 0. The Labute approximate surface area is 62.4 Å². The smallest absolute Gasteiger partial charge is 0.177 e. The molecule has 0 atom stereocenters. The fourth-order valence-electron chi connectivity index (χ4n) is 1.00. The Hall–Kier alpha value is -0.850. The maximum atomic E-state index is 2.23. The van der Waals surface area contributed by atoms with Gasteiger partial charge in [-0.3, -0.25) is 0 Å². The van der Waals surface area contributed by atoms with Gasteiger partial charge in [-0.1, -0.05) is 6.08 Å². The summed E-state index contributed by atoms with van der Waals surface area (Å²) in [4.78, 5) is 0. The van der Waals surface area contributed by atoms with Gasteiger partial charge in [-0.05, 0) is 12.5 Å². The first-order valence-corrected chi connectivity index (χ1v) is 3.62. The highest BCUT2D eigenvalue weighted by Crippen LogP contribution is 2.02. The van der Waals surface area contributed by atoms with E-state index in [0.29, 0.717) is 0 Å². The molecule has 1 rings (SSSR count). The minimum absolute atomic E-state index is 1.06. The van der Waals surface area contributed by atoms with E-state index in [-0.39, 0.29) is 0 Å². The van der Waals surface area contributed by atoms with Gasteiger partial charge < -0.3 is 0 Å². The van der Waals surface area contributed by atoms with Gasteiger partial charge in [0.1, 0.15) is 7.05 Å². The molecule has 0 aromatic rings. The van der Waals surface area contributed by atoms with Crippen LogP contribution in [0.4, 0.5) is 0 Å². The van der Waals surface area contributed by atoms with Crippen molar-refractivity contribution in [2.45, 2.75) is 20.3 Å². The minimum atomic E-state index is 1.06. The summed E-state index contributed by atoms with van der Waals surface area (Å²) in [7, 11) is 2.09. The summed E-state index contributed by atoms with van der Waals surface area (Å²) in [5.41, 5.74) is 2.65. The lowest BCUT2D eigenvalue weighted by atomic mass is 10.3. The van der Waals surface area contributed by atoms with Crippen molar-refractivity contribution in [1.82, 2.24) is 0 Å². The Morgan fingerprint density at radius 3 is 2.80 bits per heavy atom.